The molecule has 0 heterocycles. The summed E-state index contributed by atoms with van der Waals surface area (Å²) in [5, 5.41) is 8.78. The van der Waals surface area contributed by atoms with Gasteiger partial charge in [-0.05, 0) is 0 Å². The Bertz CT molecular complexity index is 238. The Labute approximate surface area is 65.9 Å². The molecule has 0 saturated heterocycles. The van der Waals surface area contributed by atoms with E-state index in [1.807, 2.05) is 0 Å². The third-order valence-electron chi connectivity index (χ3n) is 1.07. The number of ketones is 2. The van der Waals surface area contributed by atoms with E-state index in [9.17, 15) is 9.59 Å². The molecule has 0 bridgehead atoms. The molecule has 0 fully saturated rings. The molecule has 52 valence electrons. The molecule has 0 aromatic rings. The molecule has 1 N–H and O–H groups in total. The number of carbonyl (C=O) groups is 2. The number of aliphatic hydroxyl groups excluding tert-OH is 1. The molecule has 0 aromatic carbocycles. The van der Waals surface area contributed by atoms with Gasteiger partial charge in [0.2, 0.25) is 0 Å². The van der Waals surface area contributed by atoms with Gasteiger partial charge in [-0.2, -0.15) is 0 Å². The van der Waals surface area contributed by atoms with Gasteiger partial charge in [-0.1, -0.05) is 0 Å². The van der Waals surface area contributed by atoms with Crippen molar-refractivity contribution in [1.29, 1.82) is 0 Å². The average molecular weight is 200 g/mol. The first-order valence-electron chi connectivity index (χ1n) is 2.58. The zero-order valence-electron chi connectivity index (χ0n) is 5.00. The van der Waals surface area contributed by atoms with Crippen molar-refractivity contribution in [2.24, 2.45) is 0 Å². The van der Waals surface area contributed by atoms with Crippen LogP contribution in [0.25, 0.3) is 0 Å². The van der Waals surface area contributed by atoms with E-state index in [-0.39, 0.29) is 5.78 Å². The van der Waals surface area contributed by atoms with Crippen LogP contribution in [0.2, 0.25) is 0 Å². The third-order valence-corrected chi connectivity index (χ3v) is 1.97. The SMILES string of the molecule is O=C1C=C(O)C(=O)C([AsH2])=C1. The molecule has 1 unspecified atom stereocenters. The van der Waals surface area contributed by atoms with Crippen LogP contribution in [0.1, 0.15) is 0 Å². The van der Waals surface area contributed by atoms with Crippen LogP contribution in [-0.4, -0.2) is 33.5 Å². The summed E-state index contributed by atoms with van der Waals surface area (Å²) in [6.07, 6.45) is 2.15. The van der Waals surface area contributed by atoms with Crippen LogP contribution in [-0.2, 0) is 9.59 Å². The topological polar surface area (TPSA) is 54.4 Å². The number of hydrogen-bond acceptors (Lipinski definition) is 3. The fourth-order valence-corrected chi connectivity index (χ4v) is 1.26. The van der Waals surface area contributed by atoms with Gasteiger partial charge in [0, 0.05) is 0 Å². The second kappa shape index (κ2) is 2.43. The molecule has 0 aromatic heterocycles. The third kappa shape index (κ3) is 1.19. The van der Waals surface area contributed by atoms with Crippen molar-refractivity contribution in [2.75, 3.05) is 0 Å². The number of aliphatic hydroxyl groups is 1. The molecule has 0 radical (unpaired) electrons. The van der Waals surface area contributed by atoms with Crippen LogP contribution in [0.15, 0.2) is 22.3 Å². The van der Waals surface area contributed by atoms with Gasteiger partial charge in [0.05, 0.1) is 0 Å². The summed E-state index contributed by atoms with van der Waals surface area (Å²) in [7, 11) is 0. The van der Waals surface area contributed by atoms with Crippen LogP contribution in [0.3, 0.4) is 0 Å². The van der Waals surface area contributed by atoms with Gasteiger partial charge in [0.25, 0.3) is 0 Å². The van der Waals surface area contributed by atoms with Gasteiger partial charge in [-0.25, -0.2) is 0 Å². The molecule has 1 aliphatic carbocycles. The summed E-state index contributed by atoms with van der Waals surface area (Å²) >= 11 is 1.04. The summed E-state index contributed by atoms with van der Waals surface area (Å²) in [5.74, 6) is -1.22. The molecule has 0 saturated carbocycles. The standard InChI is InChI=1S/C6H5AsO3/c7-4-1-3(8)2-5(9)6(4)10/h1-2,9H,7H2. The average Bonchev–Trinajstić information content (AvgIpc) is 1.82. The molecule has 0 amide bonds. The second-order valence-electron chi connectivity index (χ2n) is 1.86. The van der Waals surface area contributed by atoms with Crippen molar-refractivity contribution in [2.45, 2.75) is 0 Å². The molecular weight excluding hydrogens is 195 g/mol. The van der Waals surface area contributed by atoms with Gasteiger partial charge in [0.1, 0.15) is 0 Å². The summed E-state index contributed by atoms with van der Waals surface area (Å²) < 4.78 is 0.345. The summed E-state index contributed by atoms with van der Waals surface area (Å²) in [4.78, 5) is 21.3. The minimum absolute atomic E-state index is 0.323. The van der Waals surface area contributed by atoms with Gasteiger partial charge < -0.3 is 0 Å². The van der Waals surface area contributed by atoms with Crippen molar-refractivity contribution in [1.82, 2.24) is 0 Å². The molecule has 1 atom stereocenters. The van der Waals surface area contributed by atoms with Gasteiger partial charge in [0.15, 0.2) is 0 Å². The van der Waals surface area contributed by atoms with E-state index < -0.39 is 11.5 Å². The van der Waals surface area contributed by atoms with Crippen LogP contribution < -0.4 is 0 Å². The van der Waals surface area contributed by atoms with Crippen LogP contribution in [0.5, 0.6) is 0 Å². The Kier molecular flexibility index (Phi) is 1.77. The van der Waals surface area contributed by atoms with Gasteiger partial charge in [-0.3, -0.25) is 0 Å². The Hall–Kier alpha value is -0.822. The predicted molar refractivity (Wildman–Crippen MR) is 37.4 cm³/mol. The molecule has 1 aliphatic rings. The van der Waals surface area contributed by atoms with E-state index in [1.54, 1.807) is 0 Å². The fraction of sp³-hybridized carbons (Fsp3) is 0. The van der Waals surface area contributed by atoms with E-state index in [0.29, 0.717) is 4.36 Å². The van der Waals surface area contributed by atoms with Crippen molar-refractivity contribution in [3.63, 3.8) is 0 Å². The van der Waals surface area contributed by atoms with Crippen molar-refractivity contribution < 1.29 is 14.7 Å². The second-order valence-corrected chi connectivity index (χ2v) is 3.17. The van der Waals surface area contributed by atoms with Gasteiger partial charge >= 0.3 is 65.4 Å². The van der Waals surface area contributed by atoms with E-state index in [2.05, 4.69) is 0 Å². The van der Waals surface area contributed by atoms with E-state index in [0.717, 1.165) is 22.9 Å². The summed E-state index contributed by atoms with van der Waals surface area (Å²) in [6, 6.07) is 0. The Morgan fingerprint density at radius 1 is 1.30 bits per heavy atom. The fourth-order valence-electron chi connectivity index (χ4n) is 0.609. The zero-order valence-corrected chi connectivity index (χ0v) is 7.42. The number of carbonyl (C=O) groups excluding carboxylic acids is 2. The van der Waals surface area contributed by atoms with Gasteiger partial charge in [-0.15, -0.1) is 0 Å². The maximum absolute atomic E-state index is 10.7. The molecule has 10 heavy (non-hydrogen) atoms. The van der Waals surface area contributed by atoms with Crippen molar-refractivity contribution in [3.8, 4) is 0 Å². The number of allylic oxidation sites excluding steroid dienone is 3. The summed E-state index contributed by atoms with van der Waals surface area (Å²) in [6.45, 7) is 0. The van der Waals surface area contributed by atoms with E-state index in [1.165, 1.54) is 6.08 Å². The van der Waals surface area contributed by atoms with Crippen molar-refractivity contribution >= 4 is 28.4 Å². The first-order chi connectivity index (χ1) is 4.61. The first kappa shape index (κ1) is 7.29. The Morgan fingerprint density at radius 3 is 2.40 bits per heavy atom. The number of Topliss-reactive ketones (excluding diaryl/α,β-unsaturated/α-hetero) is 1. The molecule has 0 aliphatic heterocycles. The van der Waals surface area contributed by atoms with E-state index >= 15 is 0 Å². The molecule has 1 rings (SSSR count). The van der Waals surface area contributed by atoms with E-state index in [4.69, 9.17) is 5.11 Å². The first-order valence-corrected chi connectivity index (χ1v) is 3.79. The van der Waals surface area contributed by atoms with Crippen LogP contribution >= 0.6 is 0 Å². The molecular formula is C6H5AsO3. The Balaban J connectivity index is 3.05. The minimum atomic E-state index is -0.452. The quantitative estimate of drug-likeness (QED) is 0.407. The molecule has 3 nitrogen and oxygen atoms in total. The van der Waals surface area contributed by atoms with Crippen LogP contribution in [0, 0.1) is 0 Å². The van der Waals surface area contributed by atoms with Crippen LogP contribution in [0.4, 0.5) is 0 Å². The maximum atomic E-state index is 10.7. The molecule has 0 spiro atoms. The Morgan fingerprint density at radius 2 is 1.90 bits per heavy atom. The zero-order chi connectivity index (χ0) is 7.72. The summed E-state index contributed by atoms with van der Waals surface area (Å²) in [5.41, 5.74) is 0. The monoisotopic (exact) mass is 200 g/mol. The molecule has 4 heteroatoms. The normalized spacial score (nSPS) is 18.5. The van der Waals surface area contributed by atoms with Crippen molar-refractivity contribution in [3.05, 3.63) is 22.3 Å². The number of hydrogen-bond donors (Lipinski definition) is 1. The predicted octanol–water partition coefficient (Wildman–Crippen LogP) is -0.903. The number of rotatable bonds is 0.